The van der Waals surface area contributed by atoms with Gasteiger partial charge in [-0.15, -0.1) is 0 Å². The summed E-state index contributed by atoms with van der Waals surface area (Å²) in [4.78, 5) is 16.1. The zero-order valence-corrected chi connectivity index (χ0v) is 10.2. The number of carbonyl (C=O) groups excluding carboxylic acids is 1. The topological polar surface area (TPSA) is 47.9 Å². The van der Waals surface area contributed by atoms with Crippen LogP contribution in [0.4, 0.5) is 0 Å². The first-order valence-corrected chi connectivity index (χ1v) is 5.59. The van der Waals surface area contributed by atoms with E-state index in [9.17, 15) is 4.79 Å². The molecule has 0 aliphatic heterocycles. The fourth-order valence-electron chi connectivity index (χ4n) is 1.44. The number of nitrogens with zero attached hydrogens (tertiary/aromatic N) is 1. The number of hydrogen-bond donors (Lipinski definition) is 0. The molecule has 0 aliphatic carbocycles. The fraction of sp³-hybridized carbons (Fsp3) is 0.385. The van der Waals surface area contributed by atoms with Crippen LogP contribution in [0.5, 0.6) is 0 Å². The van der Waals surface area contributed by atoms with E-state index in [0.717, 1.165) is 11.3 Å². The van der Waals surface area contributed by atoms with Crippen molar-refractivity contribution in [3.05, 3.63) is 35.9 Å². The fourth-order valence-corrected chi connectivity index (χ4v) is 1.44. The Labute approximate surface area is 101 Å². The smallest absolute Gasteiger partial charge is 0.306 e. The molecule has 92 valence electrons. The summed E-state index contributed by atoms with van der Waals surface area (Å²) < 4.78 is 4.87. The Morgan fingerprint density at radius 3 is 2.53 bits per heavy atom. The number of rotatable bonds is 6. The first kappa shape index (κ1) is 13.2. The zero-order chi connectivity index (χ0) is 12.5. The molecule has 0 aromatic heterocycles. The maximum atomic E-state index is 11.3. The molecule has 4 nitrogen and oxygen atoms in total. The van der Waals surface area contributed by atoms with E-state index < -0.39 is 0 Å². The third kappa shape index (κ3) is 4.68. The molecule has 0 aliphatic rings. The predicted octanol–water partition coefficient (Wildman–Crippen LogP) is 2.38. The van der Waals surface area contributed by atoms with Gasteiger partial charge in [0.25, 0.3) is 0 Å². The summed E-state index contributed by atoms with van der Waals surface area (Å²) in [5, 5.41) is 3.94. The number of carbonyl (C=O) groups is 1. The van der Waals surface area contributed by atoms with E-state index in [1.54, 1.807) is 6.92 Å². The lowest BCUT2D eigenvalue weighted by atomic mass is 10.1. The van der Waals surface area contributed by atoms with Gasteiger partial charge in [-0.05, 0) is 12.5 Å². The van der Waals surface area contributed by atoms with Crippen molar-refractivity contribution < 1.29 is 14.4 Å². The predicted molar refractivity (Wildman–Crippen MR) is 65.9 cm³/mol. The van der Waals surface area contributed by atoms with Crippen LogP contribution in [0.25, 0.3) is 0 Å². The van der Waals surface area contributed by atoms with Crippen LogP contribution in [-0.2, 0) is 14.4 Å². The molecule has 0 radical (unpaired) electrons. The molecular weight excluding hydrogens is 218 g/mol. The highest BCUT2D eigenvalue weighted by molar-refractivity contribution is 6.01. The molecule has 17 heavy (non-hydrogen) atoms. The summed E-state index contributed by atoms with van der Waals surface area (Å²) in [5.74, 6) is -0.216. The summed E-state index contributed by atoms with van der Waals surface area (Å²) in [6.45, 7) is 2.19. The molecule has 1 rings (SSSR count). The van der Waals surface area contributed by atoms with Crippen molar-refractivity contribution in [3.8, 4) is 0 Å². The average molecular weight is 235 g/mol. The van der Waals surface area contributed by atoms with E-state index in [1.807, 2.05) is 30.3 Å². The van der Waals surface area contributed by atoms with Crippen molar-refractivity contribution >= 4 is 11.7 Å². The second-order valence-corrected chi connectivity index (χ2v) is 3.39. The van der Waals surface area contributed by atoms with Gasteiger partial charge in [0.2, 0.25) is 0 Å². The molecule has 0 heterocycles. The molecule has 0 fully saturated rings. The van der Waals surface area contributed by atoms with Crippen molar-refractivity contribution in [2.45, 2.75) is 19.8 Å². The summed E-state index contributed by atoms with van der Waals surface area (Å²) in [6.07, 6.45) is 0.821. The summed E-state index contributed by atoms with van der Waals surface area (Å²) in [7, 11) is 1.49. The summed E-state index contributed by atoms with van der Waals surface area (Å²) in [6, 6.07) is 9.64. The standard InChI is InChI=1S/C13H17NO3/c1-3-17-13(15)10-9-12(14-16-2)11-7-5-4-6-8-11/h4-8H,3,9-10H2,1-2H3/b14-12+. The lowest BCUT2D eigenvalue weighted by molar-refractivity contribution is -0.142. The molecule has 0 bridgehead atoms. The maximum absolute atomic E-state index is 11.3. The molecule has 0 atom stereocenters. The van der Waals surface area contributed by atoms with Crippen molar-refractivity contribution in [1.29, 1.82) is 0 Å². The minimum absolute atomic E-state index is 0.216. The highest BCUT2D eigenvalue weighted by Gasteiger charge is 2.08. The van der Waals surface area contributed by atoms with Crippen LogP contribution < -0.4 is 0 Å². The van der Waals surface area contributed by atoms with Crippen molar-refractivity contribution in [3.63, 3.8) is 0 Å². The van der Waals surface area contributed by atoms with Gasteiger partial charge in [0, 0.05) is 6.42 Å². The Bertz CT molecular complexity index is 374. The van der Waals surface area contributed by atoms with Crippen molar-refractivity contribution in [1.82, 2.24) is 0 Å². The molecule has 1 aromatic carbocycles. The van der Waals surface area contributed by atoms with E-state index in [0.29, 0.717) is 19.4 Å². The molecular formula is C13H17NO3. The molecule has 0 spiro atoms. The van der Waals surface area contributed by atoms with E-state index in [1.165, 1.54) is 7.11 Å². The van der Waals surface area contributed by atoms with Gasteiger partial charge in [-0.3, -0.25) is 4.79 Å². The van der Waals surface area contributed by atoms with Crippen LogP contribution in [0.1, 0.15) is 25.3 Å². The largest absolute Gasteiger partial charge is 0.466 e. The van der Waals surface area contributed by atoms with Crippen LogP contribution in [0, 0.1) is 0 Å². The third-order valence-corrected chi connectivity index (χ3v) is 2.18. The highest BCUT2D eigenvalue weighted by atomic mass is 16.6. The van der Waals surface area contributed by atoms with Gasteiger partial charge in [0.05, 0.1) is 18.7 Å². The molecule has 1 aromatic rings. The van der Waals surface area contributed by atoms with Gasteiger partial charge < -0.3 is 9.57 Å². The van der Waals surface area contributed by atoms with E-state index in [2.05, 4.69) is 5.16 Å². The van der Waals surface area contributed by atoms with Crippen LogP contribution >= 0.6 is 0 Å². The average Bonchev–Trinajstić information content (AvgIpc) is 2.36. The van der Waals surface area contributed by atoms with Gasteiger partial charge in [0.1, 0.15) is 7.11 Å². The minimum atomic E-state index is -0.216. The lowest BCUT2D eigenvalue weighted by Gasteiger charge is -2.05. The Morgan fingerprint density at radius 2 is 1.94 bits per heavy atom. The maximum Gasteiger partial charge on any atom is 0.306 e. The second kappa shape index (κ2) is 7.44. The second-order valence-electron chi connectivity index (χ2n) is 3.39. The van der Waals surface area contributed by atoms with Gasteiger partial charge >= 0.3 is 5.97 Å². The normalized spacial score (nSPS) is 11.1. The Kier molecular flexibility index (Phi) is 5.79. The summed E-state index contributed by atoms with van der Waals surface area (Å²) >= 11 is 0. The Morgan fingerprint density at radius 1 is 1.24 bits per heavy atom. The zero-order valence-electron chi connectivity index (χ0n) is 10.2. The Hall–Kier alpha value is -1.84. The highest BCUT2D eigenvalue weighted by Crippen LogP contribution is 2.07. The van der Waals surface area contributed by atoms with Crippen LogP contribution in [0.3, 0.4) is 0 Å². The SMILES string of the molecule is CCOC(=O)CC/C(=N\OC)c1ccccc1. The van der Waals surface area contributed by atoms with E-state index in [4.69, 9.17) is 9.57 Å². The van der Waals surface area contributed by atoms with Crippen LogP contribution in [0.2, 0.25) is 0 Å². The Balaban J connectivity index is 2.63. The monoisotopic (exact) mass is 235 g/mol. The summed E-state index contributed by atoms with van der Waals surface area (Å²) in [5.41, 5.74) is 1.71. The molecule has 0 amide bonds. The van der Waals surface area contributed by atoms with Crippen LogP contribution in [-0.4, -0.2) is 25.4 Å². The molecule has 0 saturated heterocycles. The van der Waals surface area contributed by atoms with Crippen LogP contribution in [0.15, 0.2) is 35.5 Å². The van der Waals surface area contributed by atoms with Gasteiger partial charge in [0.15, 0.2) is 0 Å². The van der Waals surface area contributed by atoms with Crippen molar-refractivity contribution in [2.24, 2.45) is 5.16 Å². The third-order valence-electron chi connectivity index (χ3n) is 2.18. The van der Waals surface area contributed by atoms with Crippen molar-refractivity contribution in [2.75, 3.05) is 13.7 Å². The number of benzene rings is 1. The molecule has 0 N–H and O–H groups in total. The first-order valence-electron chi connectivity index (χ1n) is 5.59. The van der Waals surface area contributed by atoms with E-state index in [-0.39, 0.29) is 5.97 Å². The minimum Gasteiger partial charge on any atom is -0.466 e. The molecule has 0 unspecified atom stereocenters. The molecule has 4 heteroatoms. The molecule has 0 saturated carbocycles. The van der Waals surface area contributed by atoms with Gasteiger partial charge in [-0.1, -0.05) is 35.5 Å². The van der Waals surface area contributed by atoms with Gasteiger partial charge in [-0.25, -0.2) is 0 Å². The number of oxime groups is 1. The lowest BCUT2D eigenvalue weighted by Crippen LogP contribution is -2.09. The van der Waals surface area contributed by atoms with Gasteiger partial charge in [-0.2, -0.15) is 0 Å². The number of ether oxygens (including phenoxy) is 1. The quantitative estimate of drug-likeness (QED) is 0.432. The van der Waals surface area contributed by atoms with E-state index >= 15 is 0 Å². The number of hydrogen-bond acceptors (Lipinski definition) is 4. The number of esters is 1. The first-order chi connectivity index (χ1) is 8.27.